The van der Waals surface area contributed by atoms with Gasteiger partial charge in [0.1, 0.15) is 11.6 Å². The molecule has 0 saturated heterocycles. The number of imidazole rings is 1. The fourth-order valence-corrected chi connectivity index (χ4v) is 2.36. The average Bonchev–Trinajstić information content (AvgIpc) is 2.86. The molecule has 0 bridgehead atoms. The van der Waals surface area contributed by atoms with Gasteiger partial charge in [0.05, 0.1) is 6.54 Å². The summed E-state index contributed by atoms with van der Waals surface area (Å²) < 4.78 is 15.0. The van der Waals surface area contributed by atoms with Crippen LogP contribution in [0.15, 0.2) is 36.7 Å². The van der Waals surface area contributed by atoms with Crippen molar-refractivity contribution in [1.82, 2.24) is 14.5 Å². The minimum Gasteiger partial charge on any atom is -0.337 e. The van der Waals surface area contributed by atoms with E-state index in [1.807, 2.05) is 37.0 Å². The first kappa shape index (κ1) is 15.7. The van der Waals surface area contributed by atoms with Gasteiger partial charge in [-0.1, -0.05) is 12.1 Å². The molecule has 1 unspecified atom stereocenters. The topological polar surface area (TPSA) is 47.1 Å². The molecule has 1 aromatic heterocycles. The molecular formula is C16H23FN4. The van der Waals surface area contributed by atoms with Gasteiger partial charge >= 0.3 is 0 Å². The van der Waals surface area contributed by atoms with Crippen LogP contribution in [0.3, 0.4) is 0 Å². The number of hydrogen-bond donors (Lipinski definition) is 1. The molecule has 0 amide bonds. The van der Waals surface area contributed by atoms with Crippen LogP contribution >= 0.6 is 0 Å². The van der Waals surface area contributed by atoms with E-state index in [0.29, 0.717) is 6.54 Å². The number of halogens is 1. The highest BCUT2D eigenvalue weighted by molar-refractivity contribution is 5.19. The van der Waals surface area contributed by atoms with Crippen LogP contribution in [-0.2, 0) is 20.0 Å². The average molecular weight is 290 g/mol. The molecule has 1 heterocycles. The molecule has 0 aliphatic rings. The van der Waals surface area contributed by atoms with Crippen molar-refractivity contribution in [3.05, 3.63) is 53.9 Å². The Hall–Kier alpha value is -1.72. The summed E-state index contributed by atoms with van der Waals surface area (Å²) in [6.45, 7) is 3.36. The summed E-state index contributed by atoms with van der Waals surface area (Å²) in [5.41, 5.74) is 6.88. The summed E-state index contributed by atoms with van der Waals surface area (Å²) in [6, 6.07) is 6.62. The molecule has 4 nitrogen and oxygen atoms in total. The number of rotatable bonds is 6. The third kappa shape index (κ3) is 3.68. The SMILES string of the molecule is CN(Cc1nccn1C)C(C)(CN)Cc1ccc(F)cc1. The zero-order chi connectivity index (χ0) is 15.5. The molecule has 0 saturated carbocycles. The summed E-state index contributed by atoms with van der Waals surface area (Å²) in [5.74, 6) is 0.783. The first-order valence-electron chi connectivity index (χ1n) is 7.06. The fraction of sp³-hybridized carbons (Fsp3) is 0.438. The number of aryl methyl sites for hydroxylation is 1. The van der Waals surface area contributed by atoms with Gasteiger partial charge in [0.25, 0.3) is 0 Å². The molecule has 2 N–H and O–H groups in total. The molecule has 0 aliphatic heterocycles. The lowest BCUT2D eigenvalue weighted by molar-refractivity contribution is 0.131. The molecule has 0 aliphatic carbocycles. The molecular weight excluding hydrogens is 267 g/mol. The predicted molar refractivity (Wildman–Crippen MR) is 82.2 cm³/mol. The van der Waals surface area contributed by atoms with Gasteiger partial charge < -0.3 is 10.3 Å². The van der Waals surface area contributed by atoms with Crippen LogP contribution in [0.5, 0.6) is 0 Å². The Kier molecular flexibility index (Phi) is 4.75. The Labute approximate surface area is 125 Å². The fourth-order valence-electron chi connectivity index (χ4n) is 2.36. The lowest BCUT2D eigenvalue weighted by atomic mass is 9.91. The minimum atomic E-state index is -0.213. The van der Waals surface area contributed by atoms with E-state index in [9.17, 15) is 4.39 Å². The van der Waals surface area contributed by atoms with Crippen LogP contribution in [0.2, 0.25) is 0 Å². The van der Waals surface area contributed by atoms with E-state index in [1.165, 1.54) is 12.1 Å². The van der Waals surface area contributed by atoms with Gasteiger partial charge in [-0.25, -0.2) is 9.37 Å². The van der Waals surface area contributed by atoms with Crippen molar-refractivity contribution in [1.29, 1.82) is 0 Å². The van der Waals surface area contributed by atoms with Crippen molar-refractivity contribution < 1.29 is 4.39 Å². The van der Waals surface area contributed by atoms with E-state index in [0.717, 1.165) is 24.4 Å². The number of benzene rings is 1. The van der Waals surface area contributed by atoms with E-state index >= 15 is 0 Å². The number of aromatic nitrogens is 2. The molecule has 21 heavy (non-hydrogen) atoms. The van der Waals surface area contributed by atoms with Gasteiger partial charge in [-0.2, -0.15) is 0 Å². The van der Waals surface area contributed by atoms with Crippen molar-refractivity contribution in [3.63, 3.8) is 0 Å². The molecule has 0 spiro atoms. The van der Waals surface area contributed by atoms with Gasteiger partial charge in [0.15, 0.2) is 0 Å². The van der Waals surface area contributed by atoms with E-state index in [1.54, 1.807) is 6.20 Å². The zero-order valence-corrected chi connectivity index (χ0v) is 12.9. The molecule has 114 valence electrons. The van der Waals surface area contributed by atoms with Gasteiger partial charge in [0, 0.05) is 31.5 Å². The summed E-state index contributed by atoms with van der Waals surface area (Å²) in [4.78, 5) is 6.56. The Bertz CT molecular complexity index is 578. The van der Waals surface area contributed by atoms with Crippen LogP contribution < -0.4 is 5.73 Å². The molecule has 5 heteroatoms. The first-order valence-corrected chi connectivity index (χ1v) is 7.06. The van der Waals surface area contributed by atoms with Crippen LogP contribution in [0, 0.1) is 5.82 Å². The summed E-state index contributed by atoms with van der Waals surface area (Å²) in [6.07, 6.45) is 4.50. The molecule has 0 radical (unpaired) electrons. The second-order valence-corrected chi connectivity index (χ2v) is 5.81. The highest BCUT2D eigenvalue weighted by Gasteiger charge is 2.28. The Morgan fingerprint density at radius 1 is 1.33 bits per heavy atom. The first-order chi connectivity index (χ1) is 9.94. The quantitative estimate of drug-likeness (QED) is 0.884. The van der Waals surface area contributed by atoms with Crippen LogP contribution in [0.4, 0.5) is 4.39 Å². The second-order valence-electron chi connectivity index (χ2n) is 5.81. The Morgan fingerprint density at radius 2 is 2.00 bits per heavy atom. The van der Waals surface area contributed by atoms with E-state index in [4.69, 9.17) is 5.73 Å². The standard InChI is InChI=1S/C16H23FN4/c1-16(12-18,10-13-4-6-14(17)7-5-13)21(3)11-15-19-8-9-20(15)2/h4-9H,10-12,18H2,1-3H3. The molecule has 2 aromatic rings. The molecule has 0 fully saturated rings. The van der Waals surface area contributed by atoms with Gasteiger partial charge in [-0.15, -0.1) is 0 Å². The summed E-state index contributed by atoms with van der Waals surface area (Å²) in [5, 5.41) is 0. The van der Waals surface area contributed by atoms with Gasteiger partial charge in [-0.05, 0) is 38.1 Å². The van der Waals surface area contributed by atoms with Crippen LogP contribution in [0.1, 0.15) is 18.3 Å². The maximum Gasteiger partial charge on any atom is 0.123 e. The Balaban J connectivity index is 2.12. The van der Waals surface area contributed by atoms with Gasteiger partial charge in [0.2, 0.25) is 0 Å². The lowest BCUT2D eigenvalue weighted by Crippen LogP contribution is -2.51. The van der Waals surface area contributed by atoms with Crippen LogP contribution in [-0.4, -0.2) is 33.6 Å². The van der Waals surface area contributed by atoms with Crippen molar-refractivity contribution >= 4 is 0 Å². The number of hydrogen-bond acceptors (Lipinski definition) is 3. The largest absolute Gasteiger partial charge is 0.337 e. The molecule has 1 atom stereocenters. The maximum absolute atomic E-state index is 13.0. The zero-order valence-electron chi connectivity index (χ0n) is 12.9. The van der Waals surface area contributed by atoms with E-state index in [-0.39, 0.29) is 11.4 Å². The minimum absolute atomic E-state index is 0.205. The summed E-state index contributed by atoms with van der Waals surface area (Å²) in [7, 11) is 4.03. The maximum atomic E-state index is 13.0. The normalized spacial score (nSPS) is 14.4. The van der Waals surface area contributed by atoms with E-state index < -0.39 is 0 Å². The third-order valence-corrected chi connectivity index (χ3v) is 4.16. The monoisotopic (exact) mass is 290 g/mol. The van der Waals surface area contributed by atoms with Crippen molar-refractivity contribution in [2.24, 2.45) is 12.8 Å². The van der Waals surface area contributed by atoms with Crippen molar-refractivity contribution in [2.75, 3.05) is 13.6 Å². The van der Waals surface area contributed by atoms with Crippen LogP contribution in [0.25, 0.3) is 0 Å². The molecule has 2 rings (SSSR count). The molecule has 1 aromatic carbocycles. The highest BCUT2D eigenvalue weighted by atomic mass is 19.1. The number of likely N-dealkylation sites (N-methyl/N-ethyl adjacent to an activating group) is 1. The Morgan fingerprint density at radius 3 is 2.52 bits per heavy atom. The predicted octanol–water partition coefficient (Wildman–Crippen LogP) is 1.95. The highest BCUT2D eigenvalue weighted by Crippen LogP contribution is 2.20. The lowest BCUT2D eigenvalue weighted by Gasteiger charge is -2.38. The van der Waals surface area contributed by atoms with Crippen molar-refractivity contribution in [3.8, 4) is 0 Å². The van der Waals surface area contributed by atoms with E-state index in [2.05, 4.69) is 16.8 Å². The smallest absolute Gasteiger partial charge is 0.123 e. The second kappa shape index (κ2) is 6.37. The number of nitrogens with two attached hydrogens (primary N) is 1. The third-order valence-electron chi connectivity index (χ3n) is 4.16. The van der Waals surface area contributed by atoms with Crippen molar-refractivity contribution in [2.45, 2.75) is 25.4 Å². The number of nitrogens with zero attached hydrogens (tertiary/aromatic N) is 3. The van der Waals surface area contributed by atoms with Gasteiger partial charge in [-0.3, -0.25) is 4.90 Å². The summed E-state index contributed by atoms with van der Waals surface area (Å²) >= 11 is 0.